The van der Waals surface area contributed by atoms with E-state index in [-0.39, 0.29) is 70.8 Å². The quantitative estimate of drug-likeness (QED) is 0.174. The molecule has 0 saturated carbocycles. The van der Waals surface area contributed by atoms with Crippen molar-refractivity contribution in [3.8, 4) is 44.5 Å². The molecule has 8 aromatic rings. The molecule has 8 aromatic carbocycles. The summed E-state index contributed by atoms with van der Waals surface area (Å²) in [5, 5.41) is 2.12. The van der Waals surface area contributed by atoms with Crippen LogP contribution < -0.4 is 4.90 Å². The highest BCUT2D eigenvalue weighted by atomic mass is 15.1. The van der Waals surface area contributed by atoms with Gasteiger partial charge < -0.3 is 4.90 Å². The number of anilines is 3. The second kappa shape index (κ2) is 12.7. The van der Waals surface area contributed by atoms with E-state index in [9.17, 15) is 8.22 Å². The van der Waals surface area contributed by atoms with Gasteiger partial charge in [-0.2, -0.15) is 0 Å². The van der Waals surface area contributed by atoms with Gasteiger partial charge in [-0.15, -0.1) is 0 Å². The van der Waals surface area contributed by atoms with Crippen LogP contribution in [-0.4, -0.2) is 0 Å². The van der Waals surface area contributed by atoms with Crippen LogP contribution in [0.1, 0.15) is 11.0 Å². The summed E-state index contributed by atoms with van der Waals surface area (Å²) >= 11 is 0. The van der Waals surface area contributed by atoms with Crippen molar-refractivity contribution >= 4 is 27.8 Å². The number of fused-ring (bicyclic) bond motifs is 1. The van der Waals surface area contributed by atoms with Gasteiger partial charge in [0, 0.05) is 17.1 Å². The Balaban J connectivity index is 1.28. The Hall–Kier alpha value is -6.18. The summed E-state index contributed by atoms with van der Waals surface area (Å²) in [6.07, 6.45) is 0. The number of hydrogen-bond acceptors (Lipinski definition) is 1. The Labute approximate surface area is 287 Å². The van der Waals surface area contributed by atoms with E-state index in [1.807, 2.05) is 103 Å². The number of para-hydroxylation sites is 1. The topological polar surface area (TPSA) is 3.24 Å². The molecule has 0 aliphatic carbocycles. The molecule has 47 heavy (non-hydrogen) atoms. The van der Waals surface area contributed by atoms with E-state index in [4.69, 9.17) is 2.74 Å². The molecule has 0 atom stereocenters. The lowest BCUT2D eigenvalue weighted by atomic mass is 9.95. The molecule has 1 heteroatoms. The third-order valence-electron chi connectivity index (χ3n) is 8.22. The van der Waals surface area contributed by atoms with Crippen molar-refractivity contribution < 1.29 is 11.0 Å². The summed E-state index contributed by atoms with van der Waals surface area (Å²) in [5.74, 6) is 0. The van der Waals surface area contributed by atoms with Gasteiger partial charge in [0.15, 0.2) is 0 Å². The fraction of sp³-hybridized carbons (Fsp3) is 0. The molecule has 0 bridgehead atoms. The van der Waals surface area contributed by atoms with Gasteiger partial charge in [-0.25, -0.2) is 0 Å². The number of rotatable bonds is 7. The minimum absolute atomic E-state index is 0.114. The van der Waals surface area contributed by atoms with Gasteiger partial charge >= 0.3 is 0 Å². The van der Waals surface area contributed by atoms with Crippen molar-refractivity contribution in [3.05, 3.63) is 200 Å². The Morgan fingerprint density at radius 1 is 0.319 bits per heavy atom. The maximum atomic E-state index is 9.35. The lowest BCUT2D eigenvalue weighted by molar-refractivity contribution is 1.28. The van der Waals surface area contributed by atoms with Crippen LogP contribution in [0.5, 0.6) is 0 Å². The van der Waals surface area contributed by atoms with Crippen LogP contribution in [0.25, 0.3) is 55.3 Å². The molecular weight excluding hydrogens is 567 g/mol. The SMILES string of the molecule is [2H]c1c([2H])c(N(c2ccccc2)c2c([2H])c([2H])c(-c3cccc(-c4cccc5ccccc45)c3)c([2H])c2[2H])c([2H])c([2H])c1-c1ccc(-c2ccccc2)cc1. The summed E-state index contributed by atoms with van der Waals surface area (Å²) in [6.45, 7) is 0. The zero-order valence-corrected chi connectivity index (χ0v) is 25.4. The molecule has 0 heterocycles. The maximum Gasteiger partial charge on any atom is 0.0645 e. The van der Waals surface area contributed by atoms with E-state index in [0.717, 1.165) is 33.0 Å². The molecule has 8 rings (SSSR count). The van der Waals surface area contributed by atoms with Crippen molar-refractivity contribution in [2.75, 3.05) is 4.90 Å². The molecule has 0 aliphatic heterocycles. The number of benzene rings is 8. The third-order valence-corrected chi connectivity index (χ3v) is 8.22. The highest BCUT2D eigenvalue weighted by molar-refractivity contribution is 5.97. The first kappa shape index (κ1) is 20.8. The molecule has 0 fully saturated rings. The zero-order chi connectivity index (χ0) is 38.4. The average molecular weight is 608 g/mol. The Morgan fingerprint density at radius 3 is 1.47 bits per heavy atom. The van der Waals surface area contributed by atoms with E-state index in [1.165, 1.54) is 4.90 Å². The average Bonchev–Trinajstić information content (AvgIpc) is 3.22. The van der Waals surface area contributed by atoms with Gasteiger partial charge in [0.05, 0.1) is 11.0 Å². The lowest BCUT2D eigenvalue weighted by Gasteiger charge is -2.26. The largest absolute Gasteiger partial charge is 0.311 e. The maximum absolute atomic E-state index is 9.35. The second-order valence-corrected chi connectivity index (χ2v) is 11.2. The monoisotopic (exact) mass is 607 g/mol. The molecule has 0 aliphatic rings. The normalized spacial score (nSPS) is 13.4. The van der Waals surface area contributed by atoms with E-state index >= 15 is 0 Å². The van der Waals surface area contributed by atoms with E-state index in [0.29, 0.717) is 16.8 Å². The van der Waals surface area contributed by atoms with E-state index in [2.05, 4.69) is 0 Å². The van der Waals surface area contributed by atoms with Crippen LogP contribution in [0.3, 0.4) is 0 Å². The molecular formula is C46H33N. The van der Waals surface area contributed by atoms with Gasteiger partial charge in [-0.1, -0.05) is 158 Å². The summed E-state index contributed by atoms with van der Waals surface area (Å²) < 4.78 is 74.0. The predicted octanol–water partition coefficient (Wildman–Crippen LogP) is 13.0. The van der Waals surface area contributed by atoms with Gasteiger partial charge in [0.2, 0.25) is 0 Å². The molecule has 0 amide bonds. The standard InChI is InChI=1S/C46H33N/c1-3-11-34(12-4-1)35-21-23-36(24-22-35)37-25-29-43(30-26-37)47(42-17-5-2-6-18-42)44-31-27-38(28-32-44)40-15-9-16-41(33-40)46-20-10-14-39-13-7-8-19-45(39)46/h1-33H/i25D,26D,27D,28D,29D,30D,31D,32D. The third kappa shape index (κ3) is 5.83. The van der Waals surface area contributed by atoms with Crippen LogP contribution in [0.4, 0.5) is 17.1 Å². The Morgan fingerprint density at radius 2 is 0.787 bits per heavy atom. The van der Waals surface area contributed by atoms with Crippen molar-refractivity contribution in [1.82, 2.24) is 0 Å². The Kier molecular flexibility index (Phi) is 5.60. The first-order chi connectivity index (χ1) is 26.7. The van der Waals surface area contributed by atoms with Crippen LogP contribution in [0.15, 0.2) is 200 Å². The first-order valence-corrected chi connectivity index (χ1v) is 15.5. The molecule has 0 radical (unpaired) electrons. The molecule has 0 unspecified atom stereocenters. The number of hydrogen-bond donors (Lipinski definition) is 0. The molecule has 1 nitrogen and oxygen atoms in total. The molecule has 0 N–H and O–H groups in total. The molecule has 222 valence electrons. The van der Waals surface area contributed by atoms with Gasteiger partial charge in [-0.3, -0.25) is 0 Å². The minimum atomic E-state index is -0.382. The van der Waals surface area contributed by atoms with Crippen LogP contribution in [0.2, 0.25) is 0 Å². The van der Waals surface area contributed by atoms with Crippen LogP contribution in [0, 0.1) is 0 Å². The highest BCUT2D eigenvalue weighted by Crippen LogP contribution is 2.38. The van der Waals surface area contributed by atoms with Crippen molar-refractivity contribution in [3.63, 3.8) is 0 Å². The summed E-state index contributed by atoms with van der Waals surface area (Å²) in [5.41, 5.74) is 5.02. The molecule has 0 saturated heterocycles. The van der Waals surface area contributed by atoms with Crippen LogP contribution >= 0.6 is 0 Å². The van der Waals surface area contributed by atoms with Crippen LogP contribution in [-0.2, 0) is 0 Å². The van der Waals surface area contributed by atoms with E-state index < -0.39 is 0 Å². The lowest BCUT2D eigenvalue weighted by Crippen LogP contribution is -2.09. The fourth-order valence-corrected chi connectivity index (χ4v) is 5.85. The number of nitrogens with zero attached hydrogens (tertiary/aromatic N) is 1. The van der Waals surface area contributed by atoms with Crippen molar-refractivity contribution in [2.45, 2.75) is 0 Å². The van der Waals surface area contributed by atoms with Crippen molar-refractivity contribution in [2.24, 2.45) is 0 Å². The van der Waals surface area contributed by atoms with Gasteiger partial charge in [-0.05, 0) is 97.6 Å². The van der Waals surface area contributed by atoms with E-state index in [1.54, 1.807) is 48.5 Å². The highest BCUT2D eigenvalue weighted by Gasteiger charge is 2.13. The zero-order valence-electron chi connectivity index (χ0n) is 33.4. The first-order valence-electron chi connectivity index (χ1n) is 19.5. The van der Waals surface area contributed by atoms with Crippen molar-refractivity contribution in [1.29, 1.82) is 0 Å². The summed E-state index contributed by atoms with van der Waals surface area (Å²) in [7, 11) is 0. The summed E-state index contributed by atoms with van der Waals surface area (Å²) in [6, 6.07) is 44.5. The van der Waals surface area contributed by atoms with Gasteiger partial charge in [0.1, 0.15) is 0 Å². The summed E-state index contributed by atoms with van der Waals surface area (Å²) in [4.78, 5) is 1.32. The molecule has 0 spiro atoms. The fourth-order valence-electron chi connectivity index (χ4n) is 5.85. The second-order valence-electron chi connectivity index (χ2n) is 11.2. The smallest absolute Gasteiger partial charge is 0.0645 e. The minimum Gasteiger partial charge on any atom is -0.311 e. The Bertz CT molecular complexity index is 2670. The molecule has 0 aromatic heterocycles. The predicted molar refractivity (Wildman–Crippen MR) is 200 cm³/mol. The van der Waals surface area contributed by atoms with Gasteiger partial charge in [0.25, 0.3) is 0 Å².